The van der Waals surface area contributed by atoms with E-state index in [1.165, 1.54) is 4.90 Å². The van der Waals surface area contributed by atoms with Gasteiger partial charge >= 0.3 is 0 Å². The number of hydrogen-bond acceptors (Lipinski definition) is 4. The van der Waals surface area contributed by atoms with Gasteiger partial charge in [0, 0.05) is 35.4 Å². The summed E-state index contributed by atoms with van der Waals surface area (Å²) in [6.45, 7) is 4.00. The third-order valence-corrected chi connectivity index (χ3v) is 6.02. The predicted octanol–water partition coefficient (Wildman–Crippen LogP) is 4.22. The second-order valence-corrected chi connectivity index (χ2v) is 8.90. The largest absolute Gasteiger partial charge is 0.484 e. The fourth-order valence-corrected chi connectivity index (χ4v) is 4.29. The van der Waals surface area contributed by atoms with E-state index >= 15 is 0 Å². The van der Waals surface area contributed by atoms with Crippen LogP contribution in [0.3, 0.4) is 0 Å². The van der Waals surface area contributed by atoms with E-state index in [9.17, 15) is 14.4 Å². The molecule has 1 aliphatic heterocycles. The van der Waals surface area contributed by atoms with Crippen LogP contribution in [-0.4, -0.2) is 59.8 Å². The molecule has 2 atom stereocenters. The summed E-state index contributed by atoms with van der Waals surface area (Å²) >= 11 is 5.92. The molecule has 1 N–H and O–H groups in total. The van der Waals surface area contributed by atoms with Crippen LogP contribution in [0.2, 0.25) is 5.02 Å². The minimum absolute atomic E-state index is 0.0275. The van der Waals surface area contributed by atoms with E-state index in [1.54, 1.807) is 55.6 Å². The quantitative estimate of drug-likeness (QED) is 0.655. The van der Waals surface area contributed by atoms with Gasteiger partial charge < -0.3 is 19.9 Å². The predicted molar refractivity (Wildman–Crippen MR) is 129 cm³/mol. The van der Waals surface area contributed by atoms with E-state index in [2.05, 4.69) is 19.2 Å². The van der Waals surface area contributed by atoms with Gasteiger partial charge in [-0.2, -0.15) is 0 Å². The van der Waals surface area contributed by atoms with Gasteiger partial charge in [-0.1, -0.05) is 17.7 Å². The zero-order chi connectivity index (χ0) is 24.0. The van der Waals surface area contributed by atoms with Crippen LogP contribution in [0.5, 0.6) is 5.75 Å². The number of rotatable bonds is 7. The Labute approximate surface area is 199 Å². The summed E-state index contributed by atoms with van der Waals surface area (Å²) in [7, 11) is 1.56. The average molecular weight is 472 g/mol. The molecule has 0 aromatic heterocycles. The molecule has 0 bridgehead atoms. The number of likely N-dealkylation sites (N-methyl/N-ethyl adjacent to an activating group) is 1. The molecule has 2 unspecified atom stereocenters. The highest BCUT2D eigenvalue weighted by Gasteiger charge is 2.29. The minimum Gasteiger partial charge on any atom is -0.484 e. The number of hydrogen-bond donors (Lipinski definition) is 1. The van der Waals surface area contributed by atoms with E-state index in [4.69, 9.17) is 16.3 Å². The van der Waals surface area contributed by atoms with Crippen molar-refractivity contribution in [2.45, 2.75) is 45.2 Å². The Bertz CT molecular complexity index is 985. The molecule has 1 aliphatic rings. The highest BCUT2D eigenvalue weighted by atomic mass is 35.5. The van der Waals surface area contributed by atoms with Crippen molar-refractivity contribution in [3.05, 3.63) is 59.1 Å². The molecule has 3 amide bonds. The van der Waals surface area contributed by atoms with Gasteiger partial charge in [0.25, 0.3) is 11.8 Å². The highest BCUT2D eigenvalue weighted by molar-refractivity contribution is 6.30. The Balaban J connectivity index is 1.50. The molecule has 176 valence electrons. The van der Waals surface area contributed by atoms with Crippen molar-refractivity contribution < 1.29 is 19.1 Å². The van der Waals surface area contributed by atoms with Gasteiger partial charge in [0.05, 0.1) is 6.54 Å². The number of nitrogens with one attached hydrogen (secondary N) is 1. The zero-order valence-corrected chi connectivity index (χ0v) is 20.0. The number of amides is 3. The maximum absolute atomic E-state index is 12.7. The van der Waals surface area contributed by atoms with Crippen molar-refractivity contribution in [1.29, 1.82) is 0 Å². The molecule has 0 radical (unpaired) electrons. The Morgan fingerprint density at radius 2 is 1.76 bits per heavy atom. The van der Waals surface area contributed by atoms with Crippen LogP contribution in [0.15, 0.2) is 48.5 Å². The molecule has 0 spiro atoms. The van der Waals surface area contributed by atoms with Crippen LogP contribution in [0.25, 0.3) is 0 Å². The van der Waals surface area contributed by atoms with Gasteiger partial charge in [-0.3, -0.25) is 14.4 Å². The lowest BCUT2D eigenvalue weighted by molar-refractivity contribution is -0.139. The van der Waals surface area contributed by atoms with Gasteiger partial charge in [0.1, 0.15) is 5.75 Å². The zero-order valence-electron chi connectivity index (χ0n) is 19.2. The van der Waals surface area contributed by atoms with E-state index in [0.29, 0.717) is 22.0 Å². The molecule has 33 heavy (non-hydrogen) atoms. The molecule has 2 aromatic carbocycles. The summed E-state index contributed by atoms with van der Waals surface area (Å²) in [5, 5.41) is 3.23. The first-order valence-corrected chi connectivity index (χ1v) is 11.5. The Morgan fingerprint density at radius 1 is 1.09 bits per heavy atom. The Kier molecular flexibility index (Phi) is 8.33. The smallest absolute Gasteiger partial charge is 0.260 e. The summed E-state index contributed by atoms with van der Waals surface area (Å²) < 4.78 is 5.66. The monoisotopic (exact) mass is 471 g/mol. The van der Waals surface area contributed by atoms with E-state index in [0.717, 1.165) is 19.3 Å². The first-order valence-electron chi connectivity index (χ1n) is 11.1. The lowest BCUT2D eigenvalue weighted by Crippen LogP contribution is -2.49. The van der Waals surface area contributed by atoms with Crippen LogP contribution in [0.4, 0.5) is 5.69 Å². The summed E-state index contributed by atoms with van der Waals surface area (Å²) in [5.41, 5.74) is 0.989. The molecule has 2 aromatic rings. The molecule has 0 saturated carbocycles. The van der Waals surface area contributed by atoms with Crippen LogP contribution >= 0.6 is 11.6 Å². The molecule has 8 heteroatoms. The normalized spacial score (nSPS) is 17.9. The minimum atomic E-state index is -0.326. The summed E-state index contributed by atoms with van der Waals surface area (Å²) in [6.07, 6.45) is 3.16. The highest BCUT2D eigenvalue weighted by Crippen LogP contribution is 2.23. The molecule has 1 heterocycles. The van der Waals surface area contributed by atoms with Gasteiger partial charge in [0.2, 0.25) is 5.91 Å². The summed E-state index contributed by atoms with van der Waals surface area (Å²) in [6, 6.07) is 13.8. The standard InChI is InChI=1S/C25H30ClN3O4/c1-17-6-4-7-18(2)29(17)24(31)16-33-22-12-10-19(11-13-22)25(32)28(3)15-23(30)27-21-9-5-8-20(26)14-21/h5,8-14,17-18H,4,6-7,15-16H2,1-3H3,(H,27,30). The van der Waals surface area contributed by atoms with E-state index in [1.807, 2.05) is 4.90 Å². The van der Waals surface area contributed by atoms with Crippen LogP contribution < -0.4 is 10.1 Å². The summed E-state index contributed by atoms with van der Waals surface area (Å²) in [5.74, 6) is -0.138. The van der Waals surface area contributed by atoms with Gasteiger partial charge in [-0.05, 0) is 75.6 Å². The molecule has 1 saturated heterocycles. The number of nitrogens with zero attached hydrogens (tertiary/aromatic N) is 2. The number of carbonyl (C=O) groups excluding carboxylic acids is 3. The molecule has 3 rings (SSSR count). The first kappa shape index (κ1) is 24.6. The van der Waals surface area contributed by atoms with Gasteiger partial charge in [0.15, 0.2) is 6.61 Å². The molecule has 0 aliphatic carbocycles. The number of anilines is 1. The van der Waals surface area contributed by atoms with Crippen LogP contribution in [0.1, 0.15) is 43.5 Å². The SMILES string of the molecule is CC1CCCC(C)N1C(=O)COc1ccc(C(=O)N(C)CC(=O)Nc2cccc(Cl)c2)cc1. The van der Waals surface area contributed by atoms with Crippen LogP contribution in [0, 0.1) is 0 Å². The molecular formula is C25H30ClN3O4. The number of carbonyl (C=O) groups is 3. The van der Waals surface area contributed by atoms with E-state index in [-0.39, 0.29) is 43.0 Å². The van der Waals surface area contributed by atoms with Crippen LogP contribution in [-0.2, 0) is 9.59 Å². The van der Waals surface area contributed by atoms with E-state index < -0.39 is 0 Å². The number of benzene rings is 2. The Hall–Kier alpha value is -3.06. The third-order valence-electron chi connectivity index (χ3n) is 5.78. The summed E-state index contributed by atoms with van der Waals surface area (Å²) in [4.78, 5) is 40.8. The Morgan fingerprint density at radius 3 is 2.39 bits per heavy atom. The van der Waals surface area contributed by atoms with Crippen molar-refractivity contribution in [3.63, 3.8) is 0 Å². The molecule has 7 nitrogen and oxygen atoms in total. The number of halogens is 1. The lowest BCUT2D eigenvalue weighted by atomic mass is 9.97. The molecule has 1 fully saturated rings. The fourth-order valence-electron chi connectivity index (χ4n) is 4.10. The second kappa shape index (κ2) is 11.2. The fraction of sp³-hybridized carbons (Fsp3) is 0.400. The van der Waals surface area contributed by atoms with Gasteiger partial charge in [-0.25, -0.2) is 0 Å². The van der Waals surface area contributed by atoms with Crippen molar-refractivity contribution in [2.24, 2.45) is 0 Å². The number of piperidine rings is 1. The maximum atomic E-state index is 12.7. The van der Waals surface area contributed by atoms with Crippen molar-refractivity contribution in [3.8, 4) is 5.75 Å². The van der Waals surface area contributed by atoms with Crippen molar-refractivity contribution in [2.75, 3.05) is 25.5 Å². The van der Waals surface area contributed by atoms with Gasteiger partial charge in [-0.15, -0.1) is 0 Å². The molecular weight excluding hydrogens is 442 g/mol. The topological polar surface area (TPSA) is 79.0 Å². The number of ether oxygens (including phenoxy) is 1. The number of likely N-dealkylation sites (tertiary alicyclic amines) is 1. The maximum Gasteiger partial charge on any atom is 0.260 e. The first-order chi connectivity index (χ1) is 15.7. The average Bonchev–Trinajstić information content (AvgIpc) is 2.77. The van der Waals surface area contributed by atoms with Crippen molar-refractivity contribution in [1.82, 2.24) is 9.80 Å². The lowest BCUT2D eigenvalue weighted by Gasteiger charge is -2.38. The third kappa shape index (κ3) is 6.71. The second-order valence-electron chi connectivity index (χ2n) is 8.46. The van der Waals surface area contributed by atoms with Crippen molar-refractivity contribution >= 4 is 35.0 Å².